The number of hydrogen-bond donors (Lipinski definition) is 2. The first-order chi connectivity index (χ1) is 10.4. The van der Waals surface area contributed by atoms with Gasteiger partial charge in [0.05, 0.1) is 5.92 Å². The Hall–Kier alpha value is -1.27. The normalized spacial score (nSPS) is 22.8. The van der Waals surface area contributed by atoms with Gasteiger partial charge in [-0.05, 0) is 24.4 Å². The zero-order chi connectivity index (χ0) is 16.2. The minimum atomic E-state index is -4.44. The predicted octanol–water partition coefficient (Wildman–Crippen LogP) is 3.26. The molecular weight excluding hydrogens is 329 g/mol. The van der Waals surface area contributed by atoms with Crippen LogP contribution in [0.2, 0.25) is 0 Å². The summed E-state index contributed by atoms with van der Waals surface area (Å²) in [6, 6.07) is 7.49. The fourth-order valence-electron chi connectivity index (χ4n) is 2.74. The van der Waals surface area contributed by atoms with Crippen LogP contribution in [0.4, 0.5) is 13.2 Å². The Balaban J connectivity index is 0.00000264. The molecule has 0 aliphatic carbocycles. The lowest BCUT2D eigenvalue weighted by molar-refractivity contribution is -0.157. The molecule has 1 aliphatic heterocycles. The van der Waals surface area contributed by atoms with E-state index >= 15 is 0 Å². The molecule has 1 saturated heterocycles. The molecule has 0 spiro atoms. The molecule has 1 heterocycles. The molecule has 1 fully saturated rings. The Morgan fingerprint density at radius 3 is 2.57 bits per heavy atom. The predicted molar refractivity (Wildman–Crippen MR) is 85.7 cm³/mol. The lowest BCUT2D eigenvalue weighted by Gasteiger charge is -2.31. The quantitative estimate of drug-likeness (QED) is 0.875. The van der Waals surface area contributed by atoms with Gasteiger partial charge in [-0.1, -0.05) is 37.3 Å². The second kappa shape index (κ2) is 8.55. The van der Waals surface area contributed by atoms with E-state index in [4.69, 9.17) is 0 Å². The van der Waals surface area contributed by atoms with E-state index in [1.165, 1.54) is 12.1 Å². The Bertz CT molecular complexity index is 496. The number of hydrogen-bond acceptors (Lipinski definition) is 2. The smallest absolute Gasteiger partial charge is 0.352 e. The first kappa shape index (κ1) is 19.8. The topological polar surface area (TPSA) is 41.1 Å². The highest BCUT2D eigenvalue weighted by molar-refractivity contribution is 5.85. The maximum Gasteiger partial charge on any atom is 0.396 e. The molecule has 0 bridgehead atoms. The van der Waals surface area contributed by atoms with Gasteiger partial charge in [0.25, 0.3) is 0 Å². The number of halogens is 4. The monoisotopic (exact) mass is 350 g/mol. The summed E-state index contributed by atoms with van der Waals surface area (Å²) >= 11 is 0. The Morgan fingerprint density at radius 2 is 2.00 bits per heavy atom. The first-order valence-electron chi connectivity index (χ1n) is 7.49. The van der Waals surface area contributed by atoms with Crippen molar-refractivity contribution >= 4 is 18.3 Å². The number of rotatable bonds is 4. The molecule has 1 aromatic rings. The molecule has 130 valence electrons. The molecule has 2 N–H and O–H groups in total. The highest BCUT2D eigenvalue weighted by atomic mass is 35.5. The molecule has 2 rings (SSSR count). The summed E-state index contributed by atoms with van der Waals surface area (Å²) in [6.45, 7) is 3.49. The average molecular weight is 351 g/mol. The van der Waals surface area contributed by atoms with Crippen molar-refractivity contribution in [3.05, 3.63) is 35.9 Å². The van der Waals surface area contributed by atoms with Gasteiger partial charge in [0.15, 0.2) is 0 Å². The number of piperidine rings is 1. The van der Waals surface area contributed by atoms with E-state index in [0.29, 0.717) is 6.54 Å². The third-order valence-electron chi connectivity index (χ3n) is 4.16. The van der Waals surface area contributed by atoms with Crippen molar-refractivity contribution in [1.82, 2.24) is 10.6 Å². The summed E-state index contributed by atoms with van der Waals surface area (Å²) in [7, 11) is 0. The van der Waals surface area contributed by atoms with Gasteiger partial charge in [0.2, 0.25) is 5.91 Å². The van der Waals surface area contributed by atoms with Crippen LogP contribution in [0.25, 0.3) is 0 Å². The van der Waals surface area contributed by atoms with E-state index in [-0.39, 0.29) is 29.9 Å². The van der Waals surface area contributed by atoms with Crippen molar-refractivity contribution < 1.29 is 18.0 Å². The van der Waals surface area contributed by atoms with Crippen molar-refractivity contribution in [3.8, 4) is 0 Å². The fraction of sp³-hybridized carbons (Fsp3) is 0.562. The summed E-state index contributed by atoms with van der Waals surface area (Å²) in [5.74, 6) is -2.04. The molecule has 1 aromatic carbocycles. The van der Waals surface area contributed by atoms with Crippen LogP contribution in [-0.4, -0.2) is 31.2 Å². The lowest BCUT2D eigenvalue weighted by atomic mass is 9.92. The van der Waals surface area contributed by atoms with Crippen LogP contribution in [0, 0.1) is 5.92 Å². The second-order valence-electron chi connectivity index (χ2n) is 5.85. The van der Waals surface area contributed by atoms with Gasteiger partial charge in [-0.25, -0.2) is 0 Å². The molecule has 23 heavy (non-hydrogen) atoms. The van der Waals surface area contributed by atoms with Gasteiger partial charge < -0.3 is 10.6 Å². The van der Waals surface area contributed by atoms with Crippen LogP contribution >= 0.6 is 12.4 Å². The Morgan fingerprint density at radius 1 is 1.35 bits per heavy atom. The molecule has 3 nitrogen and oxygen atoms in total. The average Bonchev–Trinajstić information content (AvgIpc) is 2.47. The van der Waals surface area contributed by atoms with Crippen molar-refractivity contribution in [2.24, 2.45) is 5.92 Å². The first-order valence-corrected chi connectivity index (χ1v) is 7.49. The molecule has 1 amide bonds. The zero-order valence-corrected chi connectivity index (χ0v) is 13.7. The van der Waals surface area contributed by atoms with Crippen molar-refractivity contribution in [2.75, 3.05) is 13.1 Å². The van der Waals surface area contributed by atoms with Gasteiger partial charge in [-0.15, -0.1) is 12.4 Å². The van der Waals surface area contributed by atoms with E-state index < -0.39 is 24.4 Å². The molecule has 7 heteroatoms. The van der Waals surface area contributed by atoms with Gasteiger partial charge in [0.1, 0.15) is 0 Å². The number of carbonyl (C=O) groups excluding carboxylic acids is 1. The number of nitrogens with one attached hydrogen (secondary N) is 2. The van der Waals surface area contributed by atoms with Gasteiger partial charge in [-0.3, -0.25) is 4.79 Å². The fourth-order valence-corrected chi connectivity index (χ4v) is 2.74. The van der Waals surface area contributed by atoms with E-state index in [1.807, 2.05) is 6.92 Å². The van der Waals surface area contributed by atoms with Crippen LogP contribution in [0.3, 0.4) is 0 Å². The number of carbonyl (C=O) groups is 1. The molecule has 0 saturated carbocycles. The zero-order valence-electron chi connectivity index (χ0n) is 12.9. The van der Waals surface area contributed by atoms with Crippen molar-refractivity contribution in [2.45, 2.75) is 37.9 Å². The van der Waals surface area contributed by atoms with Crippen molar-refractivity contribution in [3.63, 3.8) is 0 Å². The van der Waals surface area contributed by atoms with E-state index in [9.17, 15) is 18.0 Å². The third kappa shape index (κ3) is 5.70. The summed E-state index contributed by atoms with van der Waals surface area (Å²) in [5.41, 5.74) is 0.125. The molecule has 0 aromatic heterocycles. The maximum absolute atomic E-state index is 13.2. The largest absolute Gasteiger partial charge is 0.396 e. The second-order valence-corrected chi connectivity index (χ2v) is 5.85. The SMILES string of the molecule is CC1CCNCC1NC(=O)CC(c1ccccc1)C(F)(F)F.Cl. The molecule has 3 atom stereocenters. The molecule has 1 aliphatic rings. The summed E-state index contributed by atoms with van der Waals surface area (Å²) in [4.78, 5) is 12.0. The van der Waals surface area contributed by atoms with Gasteiger partial charge in [0, 0.05) is 19.0 Å². The highest BCUT2D eigenvalue weighted by Gasteiger charge is 2.42. The highest BCUT2D eigenvalue weighted by Crippen LogP contribution is 2.37. The summed E-state index contributed by atoms with van der Waals surface area (Å²) < 4.78 is 39.7. The third-order valence-corrected chi connectivity index (χ3v) is 4.16. The lowest BCUT2D eigenvalue weighted by Crippen LogP contribution is -2.50. The number of alkyl halides is 3. The van der Waals surface area contributed by atoms with Crippen molar-refractivity contribution in [1.29, 1.82) is 0 Å². The Labute approximate surface area is 140 Å². The number of amides is 1. The number of benzene rings is 1. The van der Waals surface area contributed by atoms with E-state index in [2.05, 4.69) is 10.6 Å². The molecule has 3 unspecified atom stereocenters. The van der Waals surface area contributed by atoms with Crippen LogP contribution < -0.4 is 10.6 Å². The standard InChI is InChI=1S/C16H21F3N2O.ClH/c1-11-7-8-20-10-14(11)21-15(22)9-13(16(17,18)19)12-5-3-2-4-6-12;/h2-6,11,13-14,20H,7-10H2,1H3,(H,21,22);1H. The molecule has 0 radical (unpaired) electrons. The van der Waals surface area contributed by atoms with E-state index in [0.717, 1.165) is 13.0 Å². The Kier molecular flexibility index (Phi) is 7.35. The summed E-state index contributed by atoms with van der Waals surface area (Å²) in [6.07, 6.45) is -4.10. The van der Waals surface area contributed by atoms with Crippen LogP contribution in [0.1, 0.15) is 31.2 Å². The van der Waals surface area contributed by atoms with Gasteiger partial charge in [-0.2, -0.15) is 13.2 Å². The minimum absolute atomic E-state index is 0. The van der Waals surface area contributed by atoms with Crippen LogP contribution in [-0.2, 0) is 4.79 Å². The molecular formula is C16H22ClF3N2O. The van der Waals surface area contributed by atoms with Crippen LogP contribution in [0.15, 0.2) is 30.3 Å². The van der Waals surface area contributed by atoms with Crippen LogP contribution in [0.5, 0.6) is 0 Å². The van der Waals surface area contributed by atoms with E-state index in [1.54, 1.807) is 18.2 Å². The maximum atomic E-state index is 13.2. The minimum Gasteiger partial charge on any atom is -0.352 e. The van der Waals surface area contributed by atoms with Gasteiger partial charge >= 0.3 is 6.18 Å². The summed E-state index contributed by atoms with van der Waals surface area (Å²) in [5, 5.41) is 5.89.